The molecule has 0 aliphatic carbocycles. The fraction of sp³-hybridized carbons (Fsp3) is 0.571. The van der Waals surface area contributed by atoms with Crippen LogP contribution in [0.4, 0.5) is 0 Å². The highest BCUT2D eigenvalue weighted by molar-refractivity contribution is 6.30. The van der Waals surface area contributed by atoms with E-state index in [0.29, 0.717) is 17.6 Å². The Morgan fingerprint density at radius 3 is 2.74 bits per heavy atom. The number of nitrogens with one attached hydrogen (secondary N) is 2. The first-order chi connectivity index (χ1) is 13.0. The lowest BCUT2D eigenvalue weighted by Gasteiger charge is -2.33. The molecule has 0 radical (unpaired) electrons. The Hall–Kier alpha value is -1.56. The normalized spacial score (nSPS) is 17.6. The predicted molar refractivity (Wildman–Crippen MR) is 115 cm³/mol. The van der Waals surface area contributed by atoms with Crippen LogP contribution in [0.15, 0.2) is 41.4 Å². The van der Waals surface area contributed by atoms with Gasteiger partial charge in [-0.2, -0.15) is 0 Å². The fourth-order valence-corrected chi connectivity index (χ4v) is 3.53. The van der Waals surface area contributed by atoms with E-state index in [0.717, 1.165) is 50.5 Å². The summed E-state index contributed by atoms with van der Waals surface area (Å²) in [6.45, 7) is 12.7. The molecule has 1 unspecified atom stereocenters. The van der Waals surface area contributed by atoms with Gasteiger partial charge in [0.15, 0.2) is 5.96 Å². The van der Waals surface area contributed by atoms with Crippen molar-refractivity contribution < 1.29 is 4.74 Å². The molecule has 1 heterocycles. The van der Waals surface area contributed by atoms with Crippen molar-refractivity contribution in [1.29, 1.82) is 0 Å². The number of likely N-dealkylation sites (tertiary alicyclic amines) is 1. The van der Waals surface area contributed by atoms with Crippen molar-refractivity contribution in [1.82, 2.24) is 15.5 Å². The van der Waals surface area contributed by atoms with Gasteiger partial charge in [-0.25, -0.2) is 0 Å². The largest absolute Gasteiger partial charge is 0.375 e. The van der Waals surface area contributed by atoms with Crippen LogP contribution in [0.5, 0.6) is 0 Å². The lowest BCUT2D eigenvalue weighted by molar-refractivity contribution is 0.111. The molecule has 6 heteroatoms. The Morgan fingerprint density at radius 1 is 1.41 bits per heavy atom. The van der Waals surface area contributed by atoms with E-state index in [1.807, 2.05) is 24.3 Å². The number of piperidine rings is 1. The van der Waals surface area contributed by atoms with E-state index in [4.69, 9.17) is 21.3 Å². The fourth-order valence-electron chi connectivity index (χ4n) is 3.33. The summed E-state index contributed by atoms with van der Waals surface area (Å²) in [7, 11) is 1.71. The van der Waals surface area contributed by atoms with Gasteiger partial charge >= 0.3 is 0 Å². The van der Waals surface area contributed by atoms with Gasteiger partial charge in [0.2, 0.25) is 0 Å². The first-order valence-corrected chi connectivity index (χ1v) is 10.1. The second kappa shape index (κ2) is 11.3. The highest BCUT2D eigenvalue weighted by atomic mass is 35.5. The Kier molecular flexibility index (Phi) is 9.11. The van der Waals surface area contributed by atoms with Crippen molar-refractivity contribution in [2.75, 3.05) is 39.8 Å². The summed E-state index contributed by atoms with van der Waals surface area (Å²) in [4.78, 5) is 7.21. The zero-order chi connectivity index (χ0) is 19.6. The smallest absolute Gasteiger partial charge is 0.191 e. The van der Waals surface area contributed by atoms with Crippen molar-refractivity contribution in [3.8, 4) is 0 Å². The predicted octanol–water partition coefficient (Wildman–Crippen LogP) is 3.62. The van der Waals surface area contributed by atoms with Crippen LogP contribution >= 0.6 is 11.6 Å². The molecule has 150 valence electrons. The quantitative estimate of drug-likeness (QED) is 0.403. The molecule has 0 spiro atoms. The molecule has 0 aromatic heterocycles. The molecule has 1 aliphatic heterocycles. The van der Waals surface area contributed by atoms with E-state index in [2.05, 4.69) is 36.0 Å². The number of halogens is 1. The average Bonchev–Trinajstić information content (AvgIpc) is 2.63. The summed E-state index contributed by atoms with van der Waals surface area (Å²) in [5.74, 6) is 0.847. The number of ether oxygens (including phenoxy) is 1. The lowest BCUT2D eigenvalue weighted by atomic mass is 10.0. The van der Waals surface area contributed by atoms with Gasteiger partial charge in [0.1, 0.15) is 6.10 Å². The summed E-state index contributed by atoms with van der Waals surface area (Å²) < 4.78 is 5.62. The van der Waals surface area contributed by atoms with Crippen LogP contribution in [-0.2, 0) is 4.74 Å². The van der Waals surface area contributed by atoms with Crippen molar-refractivity contribution in [3.63, 3.8) is 0 Å². The minimum atomic E-state index is -0.114. The Morgan fingerprint density at radius 2 is 2.15 bits per heavy atom. The molecular weight excluding hydrogens is 360 g/mol. The molecule has 1 aromatic rings. The first kappa shape index (κ1) is 21.7. The second-order valence-corrected chi connectivity index (χ2v) is 7.59. The molecule has 1 fully saturated rings. The number of rotatable bonds is 8. The molecule has 1 aromatic carbocycles. The van der Waals surface area contributed by atoms with Crippen LogP contribution in [0.1, 0.15) is 38.4 Å². The van der Waals surface area contributed by atoms with Gasteiger partial charge in [-0.15, -0.1) is 0 Å². The Bertz CT molecular complexity index is 626. The molecule has 2 rings (SSSR count). The topological polar surface area (TPSA) is 48.9 Å². The molecular formula is C21H33ClN4O. The molecule has 0 saturated carbocycles. The Balaban J connectivity index is 1.92. The van der Waals surface area contributed by atoms with Crippen molar-refractivity contribution in [2.24, 2.45) is 4.99 Å². The maximum atomic E-state index is 6.10. The standard InChI is InChI=1S/C21H33ClN4O/c1-5-23-21(25-19-9-11-26(12-10-19)15-16(2)3)24-14-20(27-4)17-7-6-8-18(22)13-17/h6-8,13,19-20H,2,5,9-12,14-15H2,1,3-4H3,(H2,23,24,25). The number of hydrogen-bond acceptors (Lipinski definition) is 3. The number of guanidine groups is 1. The summed E-state index contributed by atoms with van der Waals surface area (Å²) in [6.07, 6.45) is 2.11. The van der Waals surface area contributed by atoms with E-state index < -0.39 is 0 Å². The van der Waals surface area contributed by atoms with Gasteiger partial charge in [0.25, 0.3) is 0 Å². The third-order valence-corrected chi connectivity index (χ3v) is 4.92. The molecule has 0 bridgehead atoms. The number of methoxy groups -OCH3 is 1. The van der Waals surface area contributed by atoms with Gasteiger partial charge in [-0.3, -0.25) is 9.89 Å². The SMILES string of the molecule is C=C(C)CN1CCC(NC(=NCC(OC)c2cccc(Cl)c2)NCC)CC1. The summed E-state index contributed by atoms with van der Waals surface area (Å²) in [6, 6.07) is 8.20. The number of hydrogen-bond donors (Lipinski definition) is 2. The lowest BCUT2D eigenvalue weighted by Crippen LogP contribution is -2.49. The number of benzene rings is 1. The van der Waals surface area contributed by atoms with Crippen LogP contribution in [-0.4, -0.2) is 56.7 Å². The van der Waals surface area contributed by atoms with Crippen LogP contribution in [0.2, 0.25) is 5.02 Å². The van der Waals surface area contributed by atoms with E-state index >= 15 is 0 Å². The zero-order valence-corrected chi connectivity index (χ0v) is 17.6. The van der Waals surface area contributed by atoms with E-state index in [1.54, 1.807) is 7.11 Å². The molecule has 1 atom stereocenters. The highest BCUT2D eigenvalue weighted by Crippen LogP contribution is 2.20. The number of nitrogens with zero attached hydrogens (tertiary/aromatic N) is 2. The van der Waals surface area contributed by atoms with Gasteiger partial charge in [0.05, 0.1) is 6.54 Å². The molecule has 2 N–H and O–H groups in total. The van der Waals surface area contributed by atoms with Crippen molar-refractivity contribution in [2.45, 2.75) is 38.8 Å². The van der Waals surface area contributed by atoms with E-state index in [-0.39, 0.29) is 6.10 Å². The van der Waals surface area contributed by atoms with Crippen LogP contribution in [0, 0.1) is 0 Å². The summed E-state index contributed by atoms with van der Waals surface area (Å²) in [5, 5.41) is 7.64. The van der Waals surface area contributed by atoms with Gasteiger partial charge < -0.3 is 15.4 Å². The minimum Gasteiger partial charge on any atom is -0.375 e. The second-order valence-electron chi connectivity index (χ2n) is 7.15. The molecule has 5 nitrogen and oxygen atoms in total. The molecule has 1 saturated heterocycles. The third kappa shape index (κ3) is 7.53. The van der Waals surface area contributed by atoms with E-state index in [1.165, 1.54) is 5.57 Å². The van der Waals surface area contributed by atoms with Crippen LogP contribution < -0.4 is 10.6 Å². The molecule has 0 amide bonds. The molecule has 1 aliphatic rings. The minimum absolute atomic E-state index is 0.114. The van der Waals surface area contributed by atoms with Crippen molar-refractivity contribution >= 4 is 17.6 Å². The monoisotopic (exact) mass is 392 g/mol. The third-order valence-electron chi connectivity index (χ3n) is 4.69. The summed E-state index contributed by atoms with van der Waals surface area (Å²) in [5.41, 5.74) is 2.26. The van der Waals surface area contributed by atoms with Gasteiger partial charge in [0, 0.05) is 44.4 Å². The molecule has 27 heavy (non-hydrogen) atoms. The van der Waals surface area contributed by atoms with Crippen LogP contribution in [0.3, 0.4) is 0 Å². The van der Waals surface area contributed by atoms with Crippen molar-refractivity contribution in [3.05, 3.63) is 47.0 Å². The first-order valence-electron chi connectivity index (χ1n) is 9.71. The highest BCUT2D eigenvalue weighted by Gasteiger charge is 2.20. The summed E-state index contributed by atoms with van der Waals surface area (Å²) >= 11 is 6.10. The average molecular weight is 393 g/mol. The maximum Gasteiger partial charge on any atom is 0.191 e. The maximum absolute atomic E-state index is 6.10. The number of aliphatic imine (C=N–C) groups is 1. The van der Waals surface area contributed by atoms with E-state index in [9.17, 15) is 0 Å². The zero-order valence-electron chi connectivity index (χ0n) is 16.8. The van der Waals surface area contributed by atoms with Gasteiger partial charge in [-0.05, 0) is 44.4 Å². The van der Waals surface area contributed by atoms with Crippen LogP contribution in [0.25, 0.3) is 0 Å². The van der Waals surface area contributed by atoms with Gasteiger partial charge in [-0.1, -0.05) is 35.9 Å². The Labute approximate surface area is 168 Å².